The Kier molecular flexibility index (Phi) is 5.08. The minimum Gasteiger partial charge on any atom is -0.480 e. The molecule has 2 aromatic rings. The van der Waals surface area contributed by atoms with Crippen LogP contribution < -0.4 is 14.8 Å². The van der Waals surface area contributed by atoms with Crippen molar-refractivity contribution in [3.05, 3.63) is 45.9 Å². The maximum atomic E-state index is 13.5. The van der Waals surface area contributed by atoms with Crippen molar-refractivity contribution in [3.63, 3.8) is 0 Å². The van der Waals surface area contributed by atoms with Gasteiger partial charge in [-0.1, -0.05) is 15.9 Å². The zero-order valence-corrected chi connectivity index (χ0v) is 13.4. The summed E-state index contributed by atoms with van der Waals surface area (Å²) in [6.45, 7) is 0. The van der Waals surface area contributed by atoms with Gasteiger partial charge in [-0.3, -0.25) is 0 Å². The monoisotopic (exact) mass is 355 g/mol. The largest absolute Gasteiger partial charge is 0.480 e. The lowest BCUT2D eigenvalue weighted by Gasteiger charge is -2.19. The molecule has 0 bridgehead atoms. The van der Waals surface area contributed by atoms with Gasteiger partial charge in [0, 0.05) is 4.47 Å². The van der Waals surface area contributed by atoms with Crippen molar-refractivity contribution in [1.29, 1.82) is 0 Å². The predicted octanol–water partition coefficient (Wildman–Crippen LogP) is 2.70. The van der Waals surface area contributed by atoms with Crippen LogP contribution in [0.1, 0.15) is 17.3 Å². The van der Waals surface area contributed by atoms with E-state index in [2.05, 4.69) is 31.2 Å². The number of halogens is 2. The van der Waals surface area contributed by atoms with Gasteiger partial charge in [0.1, 0.15) is 11.5 Å². The van der Waals surface area contributed by atoms with E-state index in [0.717, 1.165) is 4.47 Å². The van der Waals surface area contributed by atoms with E-state index in [1.54, 1.807) is 13.1 Å². The molecule has 0 radical (unpaired) electrons. The zero-order chi connectivity index (χ0) is 15.4. The van der Waals surface area contributed by atoms with Gasteiger partial charge in [-0.15, -0.1) is 0 Å². The topological polar surface area (TPSA) is 56.3 Å². The van der Waals surface area contributed by atoms with Gasteiger partial charge in [0.05, 0.1) is 26.5 Å². The van der Waals surface area contributed by atoms with Crippen LogP contribution in [0.15, 0.2) is 28.9 Å². The lowest BCUT2D eigenvalue weighted by atomic mass is 10.0. The van der Waals surface area contributed by atoms with E-state index < -0.39 is 0 Å². The van der Waals surface area contributed by atoms with Crippen molar-refractivity contribution in [2.24, 2.45) is 0 Å². The lowest BCUT2D eigenvalue weighted by molar-refractivity contribution is 0.353. The second-order valence-corrected chi connectivity index (χ2v) is 5.05. The molecule has 0 spiro atoms. The highest BCUT2D eigenvalue weighted by Gasteiger charge is 2.22. The molecule has 0 saturated heterocycles. The van der Waals surface area contributed by atoms with Gasteiger partial charge in [-0.05, 0) is 30.8 Å². The molecule has 5 nitrogen and oxygen atoms in total. The van der Waals surface area contributed by atoms with Crippen molar-refractivity contribution in [1.82, 2.24) is 15.3 Å². The summed E-state index contributed by atoms with van der Waals surface area (Å²) < 4.78 is 24.6. The number of aromatic nitrogens is 2. The Balaban J connectivity index is 2.53. The molecule has 1 N–H and O–H groups in total. The van der Waals surface area contributed by atoms with E-state index in [-0.39, 0.29) is 11.9 Å². The van der Waals surface area contributed by atoms with Crippen LogP contribution in [0, 0.1) is 5.82 Å². The number of nitrogens with one attached hydrogen (secondary N) is 1. The van der Waals surface area contributed by atoms with Crippen LogP contribution >= 0.6 is 15.9 Å². The van der Waals surface area contributed by atoms with Crippen molar-refractivity contribution in [3.8, 4) is 11.8 Å². The molecule has 2 rings (SSSR count). The summed E-state index contributed by atoms with van der Waals surface area (Å²) in [4.78, 5) is 8.52. The first-order valence-corrected chi connectivity index (χ1v) is 6.97. The molecular formula is C14H15BrFN3O2. The zero-order valence-electron chi connectivity index (χ0n) is 11.9. The highest BCUT2D eigenvalue weighted by Crippen LogP contribution is 2.32. The molecule has 0 amide bonds. The lowest BCUT2D eigenvalue weighted by Crippen LogP contribution is -2.21. The number of hydrogen-bond donors (Lipinski definition) is 1. The van der Waals surface area contributed by atoms with Crippen molar-refractivity contribution in [2.75, 3.05) is 21.3 Å². The van der Waals surface area contributed by atoms with Crippen LogP contribution in [0.25, 0.3) is 0 Å². The van der Waals surface area contributed by atoms with Gasteiger partial charge in [0.2, 0.25) is 11.8 Å². The van der Waals surface area contributed by atoms with E-state index in [4.69, 9.17) is 9.47 Å². The number of ether oxygens (including phenoxy) is 2. The minimum absolute atomic E-state index is 0.324. The third kappa shape index (κ3) is 3.30. The van der Waals surface area contributed by atoms with Gasteiger partial charge in [-0.25, -0.2) is 9.37 Å². The molecule has 1 unspecified atom stereocenters. The molecular weight excluding hydrogens is 341 g/mol. The van der Waals surface area contributed by atoms with Gasteiger partial charge >= 0.3 is 0 Å². The van der Waals surface area contributed by atoms with E-state index >= 15 is 0 Å². The van der Waals surface area contributed by atoms with Gasteiger partial charge < -0.3 is 14.8 Å². The quantitative estimate of drug-likeness (QED) is 0.893. The number of rotatable bonds is 5. The fourth-order valence-corrected chi connectivity index (χ4v) is 2.46. The SMILES string of the molecule is CNC(c1cc(F)ccc1Br)c1ncc(OC)nc1OC. The molecule has 0 fully saturated rings. The normalized spacial score (nSPS) is 12.0. The smallest absolute Gasteiger partial charge is 0.240 e. The molecule has 1 aromatic heterocycles. The molecule has 7 heteroatoms. The van der Waals surface area contributed by atoms with Gasteiger partial charge in [0.15, 0.2) is 0 Å². The average Bonchev–Trinajstić information content (AvgIpc) is 2.51. The third-order valence-corrected chi connectivity index (χ3v) is 3.70. The van der Waals surface area contributed by atoms with Crippen LogP contribution in [0.5, 0.6) is 11.8 Å². The summed E-state index contributed by atoms with van der Waals surface area (Å²) >= 11 is 3.42. The predicted molar refractivity (Wildman–Crippen MR) is 80.1 cm³/mol. The van der Waals surface area contributed by atoms with Crippen molar-refractivity contribution >= 4 is 15.9 Å². The Labute approximate surface area is 130 Å². The fourth-order valence-electron chi connectivity index (χ4n) is 1.99. The molecule has 0 saturated carbocycles. The molecule has 1 aromatic carbocycles. The summed E-state index contributed by atoms with van der Waals surface area (Å²) in [5.74, 6) is 0.350. The number of methoxy groups -OCH3 is 2. The maximum absolute atomic E-state index is 13.5. The van der Waals surface area contributed by atoms with Crippen molar-refractivity contribution in [2.45, 2.75) is 6.04 Å². The molecule has 0 aliphatic heterocycles. The fraction of sp³-hybridized carbons (Fsp3) is 0.286. The van der Waals surface area contributed by atoms with Crippen LogP contribution in [0.2, 0.25) is 0 Å². The number of nitrogens with zero attached hydrogens (tertiary/aromatic N) is 2. The molecule has 1 atom stereocenters. The Morgan fingerprint density at radius 2 is 2.05 bits per heavy atom. The Hall–Kier alpha value is -1.73. The maximum Gasteiger partial charge on any atom is 0.240 e. The average molecular weight is 356 g/mol. The summed E-state index contributed by atoms with van der Waals surface area (Å²) in [5.41, 5.74) is 1.25. The molecule has 0 aliphatic carbocycles. The molecule has 112 valence electrons. The molecule has 1 heterocycles. The first-order chi connectivity index (χ1) is 10.1. The van der Waals surface area contributed by atoms with E-state index in [9.17, 15) is 4.39 Å². The Morgan fingerprint density at radius 1 is 1.29 bits per heavy atom. The van der Waals surface area contributed by atoms with Gasteiger partial charge in [-0.2, -0.15) is 4.98 Å². The summed E-state index contributed by atoms with van der Waals surface area (Å²) in [5, 5.41) is 3.09. The second-order valence-electron chi connectivity index (χ2n) is 4.19. The van der Waals surface area contributed by atoms with Crippen LogP contribution in [0.4, 0.5) is 4.39 Å². The third-order valence-electron chi connectivity index (χ3n) is 2.98. The first-order valence-electron chi connectivity index (χ1n) is 6.17. The standard InChI is InChI=1S/C14H15BrFN3O2/c1-17-12(9-6-8(16)4-5-10(9)15)13-14(21-3)19-11(20-2)7-18-13/h4-7,12,17H,1-3H3. The van der Waals surface area contributed by atoms with E-state index in [1.165, 1.54) is 32.5 Å². The first kappa shape index (κ1) is 15.7. The minimum atomic E-state index is -0.372. The van der Waals surface area contributed by atoms with Crippen LogP contribution in [0.3, 0.4) is 0 Å². The summed E-state index contributed by atoms with van der Waals surface area (Å²) in [6, 6.07) is 4.11. The number of hydrogen-bond acceptors (Lipinski definition) is 5. The number of benzene rings is 1. The highest BCUT2D eigenvalue weighted by atomic mass is 79.9. The molecule has 0 aliphatic rings. The molecule has 21 heavy (non-hydrogen) atoms. The van der Waals surface area contributed by atoms with Gasteiger partial charge in [0.25, 0.3) is 0 Å². The highest BCUT2D eigenvalue weighted by molar-refractivity contribution is 9.10. The van der Waals surface area contributed by atoms with E-state index in [0.29, 0.717) is 23.0 Å². The summed E-state index contributed by atoms with van der Waals surface area (Å²) in [6.07, 6.45) is 1.50. The van der Waals surface area contributed by atoms with Crippen LogP contribution in [-0.4, -0.2) is 31.2 Å². The van der Waals surface area contributed by atoms with Crippen molar-refractivity contribution < 1.29 is 13.9 Å². The van der Waals surface area contributed by atoms with E-state index in [1.807, 2.05) is 0 Å². The Bertz CT molecular complexity index is 640. The van der Waals surface area contributed by atoms with Crippen LogP contribution in [-0.2, 0) is 0 Å². The summed E-state index contributed by atoms with van der Waals surface area (Å²) in [7, 11) is 4.76. The Morgan fingerprint density at radius 3 is 2.67 bits per heavy atom. The second kappa shape index (κ2) is 6.82.